The van der Waals surface area contributed by atoms with Crippen LogP contribution >= 0.6 is 23.4 Å². The molecule has 136 valence electrons. The van der Waals surface area contributed by atoms with Gasteiger partial charge in [-0.1, -0.05) is 41.4 Å². The molecule has 26 heavy (non-hydrogen) atoms. The van der Waals surface area contributed by atoms with Gasteiger partial charge >= 0.3 is 5.97 Å². The lowest BCUT2D eigenvalue weighted by atomic mass is 10.2. The number of rotatable bonds is 8. The van der Waals surface area contributed by atoms with Crippen molar-refractivity contribution in [1.82, 2.24) is 5.32 Å². The molecule has 0 fully saturated rings. The number of hydrogen-bond donors (Lipinski definition) is 1. The summed E-state index contributed by atoms with van der Waals surface area (Å²) in [6.07, 6.45) is 2.89. The van der Waals surface area contributed by atoms with Gasteiger partial charge in [-0.15, -0.1) is 11.8 Å². The molecule has 0 heterocycles. The fourth-order valence-electron chi connectivity index (χ4n) is 1.97. The van der Waals surface area contributed by atoms with Crippen molar-refractivity contribution in [2.45, 2.75) is 11.8 Å². The van der Waals surface area contributed by atoms with Gasteiger partial charge in [0, 0.05) is 28.3 Å². The van der Waals surface area contributed by atoms with Crippen LogP contribution in [0.5, 0.6) is 0 Å². The Morgan fingerprint density at radius 3 is 2.50 bits per heavy atom. The van der Waals surface area contributed by atoms with Crippen LogP contribution in [0.25, 0.3) is 6.08 Å². The summed E-state index contributed by atoms with van der Waals surface area (Å²) >= 11 is 7.45. The maximum Gasteiger partial charge on any atom is 0.331 e. The van der Waals surface area contributed by atoms with Crippen molar-refractivity contribution < 1.29 is 14.3 Å². The number of ether oxygens (including phenoxy) is 1. The molecule has 0 saturated carbocycles. The molecule has 0 aliphatic carbocycles. The summed E-state index contributed by atoms with van der Waals surface area (Å²) in [5.41, 5.74) is 2.04. The lowest BCUT2D eigenvalue weighted by molar-refractivity contribution is -0.143. The zero-order valence-electron chi connectivity index (χ0n) is 14.4. The maximum absolute atomic E-state index is 11.7. The van der Waals surface area contributed by atoms with Gasteiger partial charge in [0.15, 0.2) is 6.61 Å². The summed E-state index contributed by atoms with van der Waals surface area (Å²) in [7, 11) is 0. The van der Waals surface area contributed by atoms with Crippen LogP contribution < -0.4 is 5.32 Å². The summed E-state index contributed by atoms with van der Waals surface area (Å²) in [6, 6.07) is 15.2. The van der Waals surface area contributed by atoms with Gasteiger partial charge in [0.25, 0.3) is 5.91 Å². The van der Waals surface area contributed by atoms with Crippen molar-refractivity contribution in [3.63, 3.8) is 0 Å². The normalized spacial score (nSPS) is 10.7. The molecule has 2 rings (SSSR count). The number of nitrogens with one attached hydrogen (secondary N) is 1. The molecule has 2 aromatic carbocycles. The van der Waals surface area contributed by atoms with E-state index < -0.39 is 5.97 Å². The Bertz CT molecular complexity index is 758. The highest BCUT2D eigenvalue weighted by atomic mass is 35.5. The fourth-order valence-corrected chi connectivity index (χ4v) is 2.86. The molecule has 6 heteroatoms. The number of thioether (sulfide) groups is 1. The van der Waals surface area contributed by atoms with Gasteiger partial charge in [-0.2, -0.15) is 0 Å². The number of hydrogen-bond acceptors (Lipinski definition) is 4. The van der Waals surface area contributed by atoms with E-state index in [1.54, 1.807) is 42.1 Å². The minimum atomic E-state index is -0.566. The minimum Gasteiger partial charge on any atom is -0.452 e. The molecule has 0 bridgehead atoms. The van der Waals surface area contributed by atoms with Gasteiger partial charge in [-0.25, -0.2) is 4.79 Å². The topological polar surface area (TPSA) is 55.4 Å². The molecule has 0 saturated heterocycles. The van der Waals surface area contributed by atoms with Crippen LogP contribution in [0, 0.1) is 6.92 Å². The van der Waals surface area contributed by atoms with E-state index in [1.165, 1.54) is 11.6 Å². The number of esters is 1. The third-order valence-electron chi connectivity index (χ3n) is 3.34. The van der Waals surface area contributed by atoms with Gasteiger partial charge in [0.2, 0.25) is 0 Å². The van der Waals surface area contributed by atoms with Gasteiger partial charge in [0.05, 0.1) is 0 Å². The molecule has 2 aromatic rings. The SMILES string of the molecule is Cc1ccc(SCCNC(=O)COC(=O)/C=C/c2ccc(Cl)cc2)cc1. The van der Waals surface area contributed by atoms with Crippen LogP contribution in [0.4, 0.5) is 0 Å². The van der Waals surface area contributed by atoms with Crippen molar-refractivity contribution in [3.8, 4) is 0 Å². The Labute approximate surface area is 162 Å². The molecular weight excluding hydrogens is 370 g/mol. The Balaban J connectivity index is 1.61. The minimum absolute atomic E-state index is 0.293. The van der Waals surface area contributed by atoms with Crippen LogP contribution in [0.2, 0.25) is 5.02 Å². The summed E-state index contributed by atoms with van der Waals surface area (Å²) in [5.74, 6) is -0.133. The molecule has 0 aliphatic rings. The van der Waals surface area contributed by atoms with E-state index >= 15 is 0 Å². The third-order valence-corrected chi connectivity index (χ3v) is 4.61. The molecular formula is C20H20ClNO3S. The monoisotopic (exact) mass is 389 g/mol. The van der Waals surface area contributed by atoms with E-state index in [9.17, 15) is 9.59 Å². The summed E-state index contributed by atoms with van der Waals surface area (Å²) in [4.78, 5) is 24.4. The highest BCUT2D eigenvalue weighted by Gasteiger charge is 2.04. The van der Waals surface area contributed by atoms with E-state index in [2.05, 4.69) is 29.6 Å². The van der Waals surface area contributed by atoms with Crippen molar-refractivity contribution >= 4 is 41.3 Å². The van der Waals surface area contributed by atoms with Gasteiger partial charge in [-0.05, 0) is 42.8 Å². The van der Waals surface area contributed by atoms with Crippen LogP contribution in [0.15, 0.2) is 59.5 Å². The van der Waals surface area contributed by atoms with E-state index in [1.807, 2.05) is 6.92 Å². The summed E-state index contributed by atoms with van der Waals surface area (Å²) in [6.45, 7) is 2.26. The highest BCUT2D eigenvalue weighted by molar-refractivity contribution is 7.99. The van der Waals surface area contributed by atoms with Gasteiger partial charge in [0.1, 0.15) is 0 Å². The Hall–Kier alpha value is -2.24. The molecule has 0 unspecified atom stereocenters. The van der Waals surface area contributed by atoms with Crippen molar-refractivity contribution in [2.24, 2.45) is 0 Å². The maximum atomic E-state index is 11.7. The number of carbonyl (C=O) groups is 2. The van der Waals surface area contributed by atoms with E-state index in [0.29, 0.717) is 11.6 Å². The summed E-state index contributed by atoms with van der Waals surface area (Å²) < 4.78 is 4.91. The molecule has 0 aliphatic heterocycles. The Morgan fingerprint density at radius 1 is 1.12 bits per heavy atom. The van der Waals surface area contributed by atoms with Crippen molar-refractivity contribution in [3.05, 3.63) is 70.8 Å². The van der Waals surface area contributed by atoms with Crippen molar-refractivity contribution in [1.29, 1.82) is 0 Å². The highest BCUT2D eigenvalue weighted by Crippen LogP contribution is 2.17. The van der Waals surface area contributed by atoms with Crippen LogP contribution in [-0.4, -0.2) is 30.8 Å². The standard InChI is InChI=1S/C20H20ClNO3S/c1-15-2-9-18(10-3-15)26-13-12-22-19(23)14-25-20(24)11-6-16-4-7-17(21)8-5-16/h2-11H,12-14H2,1H3,(H,22,23)/b11-6+. The van der Waals surface area contributed by atoms with Crippen LogP contribution in [0.1, 0.15) is 11.1 Å². The molecule has 4 nitrogen and oxygen atoms in total. The average molecular weight is 390 g/mol. The molecule has 1 amide bonds. The van der Waals surface area contributed by atoms with E-state index in [-0.39, 0.29) is 12.5 Å². The van der Waals surface area contributed by atoms with Gasteiger partial charge < -0.3 is 10.1 Å². The second-order valence-electron chi connectivity index (χ2n) is 5.50. The first kappa shape index (κ1) is 20.1. The van der Waals surface area contributed by atoms with E-state index in [0.717, 1.165) is 16.2 Å². The molecule has 0 radical (unpaired) electrons. The molecule has 1 N–H and O–H groups in total. The first-order valence-electron chi connectivity index (χ1n) is 8.09. The molecule has 0 atom stereocenters. The zero-order chi connectivity index (χ0) is 18.8. The Kier molecular flexibility index (Phi) is 8.25. The number of aryl methyl sites for hydroxylation is 1. The lowest BCUT2D eigenvalue weighted by Crippen LogP contribution is -2.30. The first-order valence-corrected chi connectivity index (χ1v) is 9.46. The predicted octanol–water partition coefficient (Wildman–Crippen LogP) is 4.11. The van der Waals surface area contributed by atoms with Gasteiger partial charge in [-0.3, -0.25) is 4.79 Å². The third kappa shape index (κ3) is 7.76. The molecule has 0 aromatic heterocycles. The number of benzene rings is 2. The number of carbonyl (C=O) groups excluding carboxylic acids is 2. The lowest BCUT2D eigenvalue weighted by Gasteiger charge is -2.05. The zero-order valence-corrected chi connectivity index (χ0v) is 16.0. The quantitative estimate of drug-likeness (QED) is 0.319. The second-order valence-corrected chi connectivity index (χ2v) is 7.11. The van der Waals surface area contributed by atoms with Crippen LogP contribution in [0.3, 0.4) is 0 Å². The largest absolute Gasteiger partial charge is 0.452 e. The predicted molar refractivity (Wildman–Crippen MR) is 106 cm³/mol. The van der Waals surface area contributed by atoms with E-state index in [4.69, 9.17) is 16.3 Å². The average Bonchev–Trinajstić information content (AvgIpc) is 2.64. The molecule has 0 spiro atoms. The second kappa shape index (κ2) is 10.7. The van der Waals surface area contributed by atoms with Crippen molar-refractivity contribution in [2.75, 3.05) is 18.9 Å². The smallest absolute Gasteiger partial charge is 0.331 e. The Morgan fingerprint density at radius 2 is 1.81 bits per heavy atom. The fraction of sp³-hybridized carbons (Fsp3) is 0.200. The first-order chi connectivity index (χ1) is 12.5. The number of amides is 1. The van der Waals surface area contributed by atoms with Crippen LogP contribution in [-0.2, 0) is 14.3 Å². The summed E-state index contributed by atoms with van der Waals surface area (Å²) in [5, 5.41) is 3.35. The number of halogens is 1.